The number of alkyl halides is 3. The zero-order valence-corrected chi connectivity index (χ0v) is 11.7. The molecular weight excluding hydrogens is 279 g/mol. The van der Waals surface area contributed by atoms with Crippen LogP contribution in [-0.4, -0.2) is 10.8 Å². The van der Waals surface area contributed by atoms with Crippen LogP contribution in [0.2, 0.25) is 0 Å². The maximum Gasteiger partial charge on any atom is 0.416 e. The van der Waals surface area contributed by atoms with E-state index in [1.807, 2.05) is 0 Å². The molecule has 0 unspecified atom stereocenters. The summed E-state index contributed by atoms with van der Waals surface area (Å²) in [7, 11) is 0. The van der Waals surface area contributed by atoms with Gasteiger partial charge >= 0.3 is 6.18 Å². The molecule has 0 atom stereocenters. The van der Waals surface area contributed by atoms with Crippen molar-refractivity contribution in [1.82, 2.24) is 4.98 Å². The summed E-state index contributed by atoms with van der Waals surface area (Å²) in [4.78, 5) is 16.3. The fourth-order valence-electron chi connectivity index (χ4n) is 2.09. The molecule has 110 valence electrons. The Balaban J connectivity index is 2.16. The van der Waals surface area contributed by atoms with Gasteiger partial charge in [-0.05, 0) is 43.7 Å². The fraction of sp³-hybridized carbons (Fsp3) is 0.250. The van der Waals surface area contributed by atoms with Gasteiger partial charge < -0.3 is 0 Å². The topological polar surface area (TPSA) is 30.0 Å². The summed E-state index contributed by atoms with van der Waals surface area (Å²) in [5.74, 6) is -0.136. The van der Waals surface area contributed by atoms with E-state index in [2.05, 4.69) is 4.98 Å². The van der Waals surface area contributed by atoms with Gasteiger partial charge in [0.15, 0.2) is 5.78 Å². The molecule has 2 aromatic rings. The van der Waals surface area contributed by atoms with Crippen LogP contribution in [0.5, 0.6) is 0 Å². The van der Waals surface area contributed by atoms with Crippen LogP contribution < -0.4 is 0 Å². The van der Waals surface area contributed by atoms with E-state index in [0.29, 0.717) is 11.1 Å². The number of halogens is 3. The average Bonchev–Trinajstić information content (AvgIpc) is 2.37. The second-order valence-corrected chi connectivity index (χ2v) is 4.93. The number of hydrogen-bond acceptors (Lipinski definition) is 2. The van der Waals surface area contributed by atoms with Crippen LogP contribution in [-0.2, 0) is 12.6 Å². The Morgan fingerprint density at radius 2 is 1.57 bits per heavy atom. The van der Waals surface area contributed by atoms with Crippen LogP contribution in [0.4, 0.5) is 13.2 Å². The molecule has 0 radical (unpaired) electrons. The molecule has 5 heteroatoms. The zero-order valence-electron chi connectivity index (χ0n) is 11.7. The number of rotatable bonds is 3. The van der Waals surface area contributed by atoms with E-state index in [1.54, 1.807) is 26.0 Å². The molecule has 0 fully saturated rings. The Morgan fingerprint density at radius 3 is 2.05 bits per heavy atom. The number of aromatic nitrogens is 1. The Hall–Kier alpha value is -2.17. The number of hydrogen-bond donors (Lipinski definition) is 0. The first kappa shape index (κ1) is 15.2. The van der Waals surface area contributed by atoms with Crippen LogP contribution in [0.1, 0.15) is 32.9 Å². The highest BCUT2D eigenvalue weighted by Gasteiger charge is 2.29. The van der Waals surface area contributed by atoms with Crippen molar-refractivity contribution in [2.45, 2.75) is 26.4 Å². The molecule has 0 spiro atoms. The number of aryl methyl sites for hydroxylation is 2. The predicted octanol–water partition coefficient (Wildman–Crippen LogP) is 4.14. The van der Waals surface area contributed by atoms with Gasteiger partial charge in [-0.1, -0.05) is 12.1 Å². The molecule has 0 saturated heterocycles. The van der Waals surface area contributed by atoms with Crippen molar-refractivity contribution in [2.75, 3.05) is 0 Å². The van der Waals surface area contributed by atoms with Gasteiger partial charge in [0.2, 0.25) is 0 Å². The lowest BCUT2D eigenvalue weighted by atomic mass is 10.0. The Labute approximate surface area is 120 Å². The summed E-state index contributed by atoms with van der Waals surface area (Å²) in [6.45, 7) is 3.59. The second-order valence-electron chi connectivity index (χ2n) is 4.93. The molecule has 1 heterocycles. The molecule has 0 amide bonds. The van der Waals surface area contributed by atoms with Gasteiger partial charge in [0.25, 0.3) is 0 Å². The second kappa shape index (κ2) is 5.68. The van der Waals surface area contributed by atoms with E-state index in [1.165, 1.54) is 12.1 Å². The van der Waals surface area contributed by atoms with Crippen molar-refractivity contribution in [3.05, 3.63) is 64.5 Å². The minimum Gasteiger partial charge on any atom is -0.294 e. The molecular formula is C16H14F3NO. The van der Waals surface area contributed by atoms with Gasteiger partial charge in [-0.25, -0.2) is 0 Å². The first-order valence-corrected chi connectivity index (χ1v) is 6.40. The smallest absolute Gasteiger partial charge is 0.294 e. The minimum atomic E-state index is -4.36. The summed E-state index contributed by atoms with van der Waals surface area (Å²) >= 11 is 0. The van der Waals surface area contributed by atoms with Crippen LogP contribution in [0, 0.1) is 13.8 Å². The van der Waals surface area contributed by atoms with Crippen LogP contribution in [0.25, 0.3) is 0 Å². The molecule has 0 saturated carbocycles. The van der Waals surface area contributed by atoms with Crippen molar-refractivity contribution < 1.29 is 18.0 Å². The summed E-state index contributed by atoms with van der Waals surface area (Å²) in [5, 5.41) is 0. The van der Waals surface area contributed by atoms with Crippen molar-refractivity contribution in [3.63, 3.8) is 0 Å². The maximum absolute atomic E-state index is 12.5. The van der Waals surface area contributed by atoms with Gasteiger partial charge in [0, 0.05) is 23.4 Å². The maximum atomic E-state index is 12.5. The molecule has 1 aromatic carbocycles. The third kappa shape index (κ3) is 3.90. The number of benzene rings is 1. The molecule has 0 bridgehead atoms. The zero-order chi connectivity index (χ0) is 15.6. The first-order valence-electron chi connectivity index (χ1n) is 6.40. The highest BCUT2D eigenvalue weighted by atomic mass is 19.4. The number of pyridine rings is 1. The van der Waals surface area contributed by atoms with E-state index in [9.17, 15) is 18.0 Å². The predicted molar refractivity (Wildman–Crippen MR) is 73.2 cm³/mol. The molecule has 1 aromatic heterocycles. The quantitative estimate of drug-likeness (QED) is 0.796. The van der Waals surface area contributed by atoms with Gasteiger partial charge in [-0.15, -0.1) is 0 Å². The van der Waals surface area contributed by atoms with Crippen molar-refractivity contribution in [2.24, 2.45) is 0 Å². The van der Waals surface area contributed by atoms with Gasteiger partial charge in [-0.2, -0.15) is 13.2 Å². The summed E-state index contributed by atoms with van der Waals surface area (Å²) < 4.78 is 37.4. The van der Waals surface area contributed by atoms with Crippen LogP contribution >= 0.6 is 0 Å². The van der Waals surface area contributed by atoms with Crippen molar-refractivity contribution in [1.29, 1.82) is 0 Å². The summed E-state index contributed by atoms with van der Waals surface area (Å²) in [6, 6.07) is 8.01. The molecule has 0 N–H and O–H groups in total. The summed E-state index contributed by atoms with van der Waals surface area (Å²) in [5.41, 5.74) is 1.85. The number of carbonyl (C=O) groups is 1. The molecule has 2 rings (SSSR count). The highest BCUT2D eigenvalue weighted by molar-refractivity contribution is 5.97. The Morgan fingerprint density at radius 1 is 1.05 bits per heavy atom. The number of nitrogens with zero attached hydrogens (tertiary/aromatic N) is 1. The SMILES string of the molecule is Cc1cc(C(=O)Cc2ccc(C(F)(F)F)cc2)cc(C)n1. The minimum absolute atomic E-state index is 0.0705. The van der Waals surface area contributed by atoms with Crippen LogP contribution in [0.3, 0.4) is 0 Å². The number of carbonyl (C=O) groups excluding carboxylic acids is 1. The van der Waals surface area contributed by atoms with Crippen molar-refractivity contribution in [3.8, 4) is 0 Å². The van der Waals surface area contributed by atoms with Gasteiger partial charge in [-0.3, -0.25) is 9.78 Å². The summed E-state index contributed by atoms with van der Waals surface area (Å²) in [6.07, 6.45) is -4.29. The molecule has 21 heavy (non-hydrogen) atoms. The van der Waals surface area contributed by atoms with Crippen LogP contribution in [0.15, 0.2) is 36.4 Å². The van der Waals surface area contributed by atoms with Gasteiger partial charge in [0.1, 0.15) is 0 Å². The number of ketones is 1. The fourth-order valence-corrected chi connectivity index (χ4v) is 2.09. The lowest BCUT2D eigenvalue weighted by Gasteiger charge is -2.08. The molecule has 0 aliphatic rings. The van der Waals surface area contributed by atoms with E-state index >= 15 is 0 Å². The third-order valence-electron chi connectivity index (χ3n) is 3.05. The molecule has 0 aliphatic carbocycles. The monoisotopic (exact) mass is 293 g/mol. The molecule has 2 nitrogen and oxygen atoms in total. The van der Waals surface area contributed by atoms with E-state index < -0.39 is 11.7 Å². The Bertz CT molecular complexity index is 640. The van der Waals surface area contributed by atoms with E-state index in [4.69, 9.17) is 0 Å². The van der Waals surface area contributed by atoms with Crippen molar-refractivity contribution >= 4 is 5.78 Å². The van der Waals surface area contributed by atoms with Gasteiger partial charge in [0.05, 0.1) is 5.56 Å². The number of Topliss-reactive ketones (excluding diaryl/α,β-unsaturated/α-hetero) is 1. The first-order chi connectivity index (χ1) is 9.75. The normalized spacial score (nSPS) is 11.5. The molecule has 0 aliphatic heterocycles. The Kier molecular flexibility index (Phi) is 4.11. The van der Waals surface area contributed by atoms with E-state index in [0.717, 1.165) is 23.5 Å². The largest absolute Gasteiger partial charge is 0.416 e. The average molecular weight is 293 g/mol. The lowest BCUT2D eigenvalue weighted by Crippen LogP contribution is -2.07. The lowest BCUT2D eigenvalue weighted by molar-refractivity contribution is -0.137. The third-order valence-corrected chi connectivity index (χ3v) is 3.05. The standard InChI is InChI=1S/C16H14F3NO/c1-10-7-13(8-11(2)20-10)15(21)9-12-3-5-14(6-4-12)16(17,18)19/h3-8H,9H2,1-2H3. The van der Waals surface area contributed by atoms with E-state index in [-0.39, 0.29) is 12.2 Å². The highest BCUT2D eigenvalue weighted by Crippen LogP contribution is 2.29.